The predicted molar refractivity (Wildman–Crippen MR) is 73.2 cm³/mol. The van der Waals surface area contributed by atoms with Crippen LogP contribution < -0.4 is 0 Å². The summed E-state index contributed by atoms with van der Waals surface area (Å²) in [4.78, 5) is 0. The second-order valence-electron chi connectivity index (χ2n) is 5.85. The monoisotopic (exact) mass is 236 g/mol. The summed E-state index contributed by atoms with van der Waals surface area (Å²) in [6, 6.07) is 0. The van der Waals surface area contributed by atoms with E-state index < -0.39 is 0 Å². The van der Waals surface area contributed by atoms with Gasteiger partial charge in [0.2, 0.25) is 0 Å². The minimum atomic E-state index is 0.291. The second kappa shape index (κ2) is 6.58. The van der Waals surface area contributed by atoms with Crippen LogP contribution in [0.25, 0.3) is 0 Å². The summed E-state index contributed by atoms with van der Waals surface area (Å²) in [5, 5.41) is 0. The van der Waals surface area contributed by atoms with E-state index in [0.29, 0.717) is 5.60 Å². The van der Waals surface area contributed by atoms with Crippen LogP contribution in [0.5, 0.6) is 0 Å². The van der Waals surface area contributed by atoms with E-state index in [-0.39, 0.29) is 0 Å². The average molecular weight is 236 g/mol. The van der Waals surface area contributed by atoms with Gasteiger partial charge in [0.05, 0.1) is 5.60 Å². The maximum atomic E-state index is 6.07. The van der Waals surface area contributed by atoms with Gasteiger partial charge in [0.25, 0.3) is 0 Å². The van der Waals surface area contributed by atoms with E-state index in [1.165, 1.54) is 70.6 Å². The maximum Gasteiger partial charge on any atom is 0.0688 e. The van der Waals surface area contributed by atoms with Crippen molar-refractivity contribution in [2.24, 2.45) is 0 Å². The van der Waals surface area contributed by atoms with Crippen LogP contribution in [0.15, 0.2) is 11.6 Å². The summed E-state index contributed by atoms with van der Waals surface area (Å²) >= 11 is 0. The van der Waals surface area contributed by atoms with Crippen molar-refractivity contribution in [1.82, 2.24) is 0 Å². The third-order valence-electron chi connectivity index (χ3n) is 4.48. The lowest BCUT2D eigenvalue weighted by atomic mass is 9.77. The molecule has 1 heterocycles. The maximum absolute atomic E-state index is 6.07. The van der Waals surface area contributed by atoms with Crippen molar-refractivity contribution in [3.05, 3.63) is 11.6 Å². The van der Waals surface area contributed by atoms with Crippen LogP contribution in [0.1, 0.15) is 77.6 Å². The van der Waals surface area contributed by atoms with Gasteiger partial charge < -0.3 is 4.74 Å². The first-order chi connectivity index (χ1) is 8.35. The standard InChI is InChI=1S/C16H28O/c1-2-3-4-5-8-15-9-12-16(13-10-15)11-6-7-14-17-16/h8H,2-7,9-14H2,1H3. The molecule has 0 atom stereocenters. The molecule has 0 N–H and O–H groups in total. The molecule has 0 aromatic carbocycles. The lowest BCUT2D eigenvalue weighted by Gasteiger charge is -2.41. The molecule has 2 fully saturated rings. The van der Waals surface area contributed by atoms with Crippen molar-refractivity contribution in [1.29, 1.82) is 0 Å². The Balaban J connectivity index is 1.73. The highest BCUT2D eigenvalue weighted by atomic mass is 16.5. The topological polar surface area (TPSA) is 9.23 Å². The van der Waals surface area contributed by atoms with Crippen molar-refractivity contribution >= 4 is 0 Å². The number of hydrogen-bond acceptors (Lipinski definition) is 1. The van der Waals surface area contributed by atoms with E-state index in [0.717, 1.165) is 6.61 Å². The summed E-state index contributed by atoms with van der Waals surface area (Å²) < 4.78 is 6.07. The Kier molecular flexibility index (Phi) is 5.09. The Bertz CT molecular complexity index is 236. The van der Waals surface area contributed by atoms with E-state index in [4.69, 9.17) is 4.74 Å². The quantitative estimate of drug-likeness (QED) is 0.492. The summed E-state index contributed by atoms with van der Waals surface area (Å²) in [5.41, 5.74) is 2.00. The van der Waals surface area contributed by atoms with Crippen LogP contribution in [0.3, 0.4) is 0 Å². The highest BCUT2D eigenvalue weighted by Gasteiger charge is 2.35. The van der Waals surface area contributed by atoms with Crippen molar-refractivity contribution < 1.29 is 4.74 Å². The van der Waals surface area contributed by atoms with Crippen LogP contribution in [0.2, 0.25) is 0 Å². The van der Waals surface area contributed by atoms with Crippen LogP contribution in [-0.4, -0.2) is 12.2 Å². The minimum absolute atomic E-state index is 0.291. The van der Waals surface area contributed by atoms with Gasteiger partial charge in [-0.2, -0.15) is 0 Å². The molecular formula is C16H28O. The van der Waals surface area contributed by atoms with Gasteiger partial charge in [-0.1, -0.05) is 31.4 Å². The molecule has 1 nitrogen and oxygen atoms in total. The number of rotatable bonds is 4. The molecule has 1 saturated heterocycles. The molecule has 17 heavy (non-hydrogen) atoms. The third kappa shape index (κ3) is 3.84. The Hall–Kier alpha value is -0.300. The normalized spacial score (nSPS) is 29.6. The minimum Gasteiger partial charge on any atom is -0.375 e. The van der Waals surface area contributed by atoms with Crippen LogP contribution >= 0.6 is 0 Å². The summed E-state index contributed by atoms with van der Waals surface area (Å²) in [6.07, 6.45) is 17.1. The predicted octanol–water partition coefficient (Wildman–Crippen LogP) is 5.01. The Labute approximate surface area is 107 Å². The molecule has 1 saturated carbocycles. The fraction of sp³-hybridized carbons (Fsp3) is 0.875. The van der Waals surface area contributed by atoms with E-state index in [1.54, 1.807) is 5.57 Å². The van der Waals surface area contributed by atoms with Crippen molar-refractivity contribution in [2.45, 2.75) is 83.2 Å². The highest BCUT2D eigenvalue weighted by Crippen LogP contribution is 2.40. The molecule has 98 valence electrons. The molecule has 0 radical (unpaired) electrons. The third-order valence-corrected chi connectivity index (χ3v) is 4.48. The zero-order chi connectivity index (χ0) is 12.0. The van der Waals surface area contributed by atoms with E-state index in [2.05, 4.69) is 13.0 Å². The molecule has 0 aromatic rings. The summed E-state index contributed by atoms with van der Waals surface area (Å²) in [7, 11) is 0. The van der Waals surface area contributed by atoms with Gasteiger partial charge in [-0.15, -0.1) is 0 Å². The van der Waals surface area contributed by atoms with Gasteiger partial charge in [-0.3, -0.25) is 0 Å². The molecule has 1 aliphatic carbocycles. The lowest BCUT2D eigenvalue weighted by molar-refractivity contribution is -0.0939. The number of allylic oxidation sites excluding steroid dienone is 2. The summed E-state index contributed by atoms with van der Waals surface area (Å²) in [5.74, 6) is 0. The lowest BCUT2D eigenvalue weighted by Crippen LogP contribution is -2.38. The molecule has 0 amide bonds. The molecule has 1 spiro atoms. The van der Waals surface area contributed by atoms with Crippen LogP contribution in [0.4, 0.5) is 0 Å². The van der Waals surface area contributed by atoms with Crippen molar-refractivity contribution in [3.8, 4) is 0 Å². The molecule has 0 bridgehead atoms. The first-order valence-corrected chi connectivity index (χ1v) is 7.66. The average Bonchev–Trinajstić information content (AvgIpc) is 2.38. The number of unbranched alkanes of at least 4 members (excludes halogenated alkanes) is 3. The van der Waals surface area contributed by atoms with E-state index in [9.17, 15) is 0 Å². The number of ether oxygens (including phenoxy) is 1. The highest BCUT2D eigenvalue weighted by molar-refractivity contribution is 5.09. The van der Waals surface area contributed by atoms with Crippen molar-refractivity contribution in [2.75, 3.05) is 6.61 Å². The Morgan fingerprint density at radius 3 is 2.59 bits per heavy atom. The molecular weight excluding hydrogens is 208 g/mol. The largest absolute Gasteiger partial charge is 0.375 e. The number of hydrogen-bond donors (Lipinski definition) is 0. The van der Waals surface area contributed by atoms with Gasteiger partial charge in [0, 0.05) is 6.61 Å². The fourth-order valence-electron chi connectivity index (χ4n) is 3.24. The van der Waals surface area contributed by atoms with Crippen molar-refractivity contribution in [3.63, 3.8) is 0 Å². The molecule has 1 heteroatoms. The second-order valence-corrected chi connectivity index (χ2v) is 5.85. The molecule has 2 aliphatic rings. The SMILES string of the molecule is CCCCCC=C1CCC2(CCCCO2)CC1. The van der Waals surface area contributed by atoms with Crippen LogP contribution in [0, 0.1) is 0 Å². The van der Waals surface area contributed by atoms with E-state index in [1.807, 2.05) is 0 Å². The molecule has 0 unspecified atom stereocenters. The van der Waals surface area contributed by atoms with Gasteiger partial charge in [-0.05, 0) is 57.8 Å². The molecule has 2 rings (SSSR count). The molecule has 0 aromatic heterocycles. The first-order valence-electron chi connectivity index (χ1n) is 7.66. The van der Waals surface area contributed by atoms with Gasteiger partial charge in [-0.25, -0.2) is 0 Å². The fourth-order valence-corrected chi connectivity index (χ4v) is 3.24. The first kappa shape index (κ1) is 13.1. The zero-order valence-electron chi connectivity index (χ0n) is 11.5. The molecule has 1 aliphatic heterocycles. The Morgan fingerprint density at radius 1 is 1.12 bits per heavy atom. The zero-order valence-corrected chi connectivity index (χ0v) is 11.5. The van der Waals surface area contributed by atoms with Gasteiger partial charge in [0.1, 0.15) is 0 Å². The van der Waals surface area contributed by atoms with Gasteiger partial charge >= 0.3 is 0 Å². The summed E-state index contributed by atoms with van der Waals surface area (Å²) in [6.45, 7) is 3.29. The smallest absolute Gasteiger partial charge is 0.0688 e. The van der Waals surface area contributed by atoms with Crippen LogP contribution in [-0.2, 0) is 4.74 Å². The van der Waals surface area contributed by atoms with Gasteiger partial charge in [0.15, 0.2) is 0 Å². The van der Waals surface area contributed by atoms with E-state index >= 15 is 0 Å². The Morgan fingerprint density at radius 2 is 1.94 bits per heavy atom.